The molecule has 0 aliphatic carbocycles. The zero-order valence-corrected chi connectivity index (χ0v) is 17.1. The third-order valence-electron chi connectivity index (χ3n) is 4.63. The van der Waals surface area contributed by atoms with Crippen LogP contribution in [0.25, 0.3) is 0 Å². The van der Waals surface area contributed by atoms with E-state index in [9.17, 15) is 21.6 Å². The lowest BCUT2D eigenvalue weighted by Crippen LogP contribution is -2.45. The lowest BCUT2D eigenvalue weighted by atomic mass is 9.85. The van der Waals surface area contributed by atoms with Crippen LogP contribution in [0.1, 0.15) is 6.42 Å². The lowest BCUT2D eigenvalue weighted by Gasteiger charge is -2.35. The molecule has 0 amide bonds. The molecule has 7 nitrogen and oxygen atoms in total. The number of nitrogens with zero attached hydrogens (tertiary/aromatic N) is 2. The van der Waals surface area contributed by atoms with E-state index >= 15 is 0 Å². The number of fused-ring (bicyclic) bond motifs is 1. The molecule has 1 aromatic heterocycles. The first kappa shape index (κ1) is 23.1. The number of carboxylic acids is 1. The standard InChI is InChI=1S/C14H22N2O3S2.C2HF3O2/c1-15(2)9-13-12-5-6-16(8-11(12)10-19-13)21(17,18)14-4-3-7-20-14;3-2(4,5)1(6)7/h3-4,7,11-13H,5-6,8-10H2,1-2H3;(H,6,7)/t11-,12-,13+;/m1./s1. The van der Waals surface area contributed by atoms with Crippen molar-refractivity contribution in [3.8, 4) is 0 Å². The number of hydrogen-bond donors (Lipinski definition) is 1. The quantitative estimate of drug-likeness (QED) is 0.764. The van der Waals surface area contributed by atoms with E-state index in [1.54, 1.807) is 16.4 Å². The van der Waals surface area contributed by atoms with Crippen LogP contribution in [0, 0.1) is 11.8 Å². The number of piperidine rings is 1. The van der Waals surface area contributed by atoms with Gasteiger partial charge >= 0.3 is 12.1 Å². The van der Waals surface area contributed by atoms with Crippen LogP contribution in [-0.2, 0) is 19.6 Å². The Kier molecular flexibility index (Phi) is 7.48. The Balaban J connectivity index is 0.000000345. The fourth-order valence-corrected chi connectivity index (χ4v) is 6.01. The molecule has 12 heteroatoms. The minimum Gasteiger partial charge on any atom is -0.475 e. The van der Waals surface area contributed by atoms with Gasteiger partial charge in [-0.1, -0.05) is 6.07 Å². The van der Waals surface area contributed by atoms with Crippen molar-refractivity contribution < 1.29 is 36.2 Å². The molecule has 0 unspecified atom stereocenters. The molecule has 2 saturated heterocycles. The highest BCUT2D eigenvalue weighted by Gasteiger charge is 2.43. The van der Waals surface area contributed by atoms with Crippen molar-refractivity contribution in [1.29, 1.82) is 0 Å². The van der Waals surface area contributed by atoms with Gasteiger partial charge in [-0.05, 0) is 37.9 Å². The van der Waals surface area contributed by atoms with E-state index in [-0.39, 0.29) is 6.10 Å². The number of hydrogen-bond acceptors (Lipinski definition) is 6. The van der Waals surface area contributed by atoms with E-state index in [1.165, 1.54) is 11.3 Å². The predicted octanol–water partition coefficient (Wildman–Crippen LogP) is 1.97. The van der Waals surface area contributed by atoms with Gasteiger partial charge in [-0.15, -0.1) is 11.3 Å². The normalized spacial score (nSPS) is 25.9. The van der Waals surface area contributed by atoms with Crippen molar-refractivity contribution in [2.24, 2.45) is 11.8 Å². The zero-order valence-electron chi connectivity index (χ0n) is 15.4. The summed E-state index contributed by atoms with van der Waals surface area (Å²) in [6, 6.07) is 3.47. The van der Waals surface area contributed by atoms with Crippen molar-refractivity contribution in [2.75, 3.05) is 40.3 Å². The molecule has 1 aromatic rings. The summed E-state index contributed by atoms with van der Waals surface area (Å²) in [5.41, 5.74) is 0. The SMILES string of the molecule is CN(C)C[C@@H]1OC[C@H]2CN(S(=O)(=O)c3cccs3)CC[C@H]21.O=C(O)C(F)(F)F. The summed E-state index contributed by atoms with van der Waals surface area (Å²) >= 11 is 1.29. The summed E-state index contributed by atoms with van der Waals surface area (Å²) in [6.07, 6.45) is -3.94. The summed E-state index contributed by atoms with van der Waals surface area (Å²) in [5, 5.41) is 8.94. The van der Waals surface area contributed by atoms with Crippen LogP contribution in [0.15, 0.2) is 21.7 Å². The van der Waals surface area contributed by atoms with Crippen LogP contribution >= 0.6 is 11.3 Å². The van der Waals surface area contributed by atoms with Gasteiger partial charge in [-0.2, -0.15) is 17.5 Å². The van der Waals surface area contributed by atoms with E-state index in [0.717, 1.165) is 13.0 Å². The van der Waals surface area contributed by atoms with Gasteiger partial charge in [0.1, 0.15) is 4.21 Å². The summed E-state index contributed by atoms with van der Waals surface area (Å²) in [5.74, 6) is -1.94. The Morgan fingerprint density at radius 2 is 2.07 bits per heavy atom. The molecule has 0 bridgehead atoms. The number of alkyl halides is 3. The van der Waals surface area contributed by atoms with Crippen LogP contribution in [0.3, 0.4) is 0 Å². The van der Waals surface area contributed by atoms with Crippen molar-refractivity contribution in [2.45, 2.75) is 22.9 Å². The Morgan fingerprint density at radius 1 is 1.43 bits per heavy atom. The van der Waals surface area contributed by atoms with Gasteiger partial charge in [0.05, 0.1) is 12.7 Å². The zero-order chi connectivity index (χ0) is 21.1. The van der Waals surface area contributed by atoms with Crippen LogP contribution in [-0.4, -0.2) is 81.3 Å². The first-order valence-electron chi connectivity index (χ1n) is 8.53. The maximum Gasteiger partial charge on any atom is 0.490 e. The third-order valence-corrected chi connectivity index (χ3v) is 7.87. The van der Waals surface area contributed by atoms with E-state index < -0.39 is 22.2 Å². The molecule has 2 aliphatic heterocycles. The Labute approximate surface area is 165 Å². The first-order chi connectivity index (χ1) is 12.9. The van der Waals surface area contributed by atoms with Gasteiger partial charge in [-0.25, -0.2) is 13.2 Å². The first-order valence-corrected chi connectivity index (χ1v) is 10.8. The maximum atomic E-state index is 12.6. The predicted molar refractivity (Wildman–Crippen MR) is 96.7 cm³/mol. The Bertz CT molecular complexity index is 753. The average Bonchev–Trinajstić information content (AvgIpc) is 3.24. The summed E-state index contributed by atoms with van der Waals surface area (Å²) < 4.78 is 64.9. The molecular formula is C16H23F3N2O5S2. The largest absolute Gasteiger partial charge is 0.490 e. The highest BCUT2D eigenvalue weighted by Crippen LogP contribution is 2.36. The molecule has 28 heavy (non-hydrogen) atoms. The monoisotopic (exact) mass is 444 g/mol. The van der Waals surface area contributed by atoms with Crippen molar-refractivity contribution in [3.63, 3.8) is 0 Å². The van der Waals surface area contributed by atoms with E-state index in [0.29, 0.717) is 35.7 Å². The molecule has 0 spiro atoms. The van der Waals surface area contributed by atoms with Gasteiger partial charge in [0.25, 0.3) is 10.0 Å². The smallest absolute Gasteiger partial charge is 0.475 e. The fraction of sp³-hybridized carbons (Fsp3) is 0.688. The number of rotatable bonds is 4. The van der Waals surface area contributed by atoms with Gasteiger partial charge in [0, 0.05) is 25.6 Å². The second-order valence-electron chi connectivity index (χ2n) is 6.94. The van der Waals surface area contributed by atoms with Crippen LogP contribution in [0.2, 0.25) is 0 Å². The molecule has 0 aromatic carbocycles. The van der Waals surface area contributed by atoms with Gasteiger partial charge in [-0.3, -0.25) is 0 Å². The second-order valence-corrected chi connectivity index (χ2v) is 10.1. The molecule has 0 radical (unpaired) electrons. The van der Waals surface area contributed by atoms with Gasteiger partial charge in [0.15, 0.2) is 0 Å². The number of aliphatic carboxylic acids is 1. The summed E-state index contributed by atoms with van der Waals surface area (Å²) in [6.45, 7) is 2.79. The maximum absolute atomic E-state index is 12.6. The topological polar surface area (TPSA) is 87.2 Å². The van der Waals surface area contributed by atoms with E-state index in [4.69, 9.17) is 14.6 Å². The highest BCUT2D eigenvalue weighted by atomic mass is 32.2. The van der Waals surface area contributed by atoms with Crippen molar-refractivity contribution in [1.82, 2.24) is 9.21 Å². The number of likely N-dealkylation sites (N-methyl/N-ethyl adjacent to an activating group) is 1. The molecule has 3 atom stereocenters. The number of thiophene rings is 1. The van der Waals surface area contributed by atoms with Gasteiger partial charge in [0.2, 0.25) is 0 Å². The molecule has 160 valence electrons. The minimum atomic E-state index is -5.08. The number of carbonyl (C=O) groups is 1. The number of ether oxygens (including phenoxy) is 1. The second kappa shape index (κ2) is 9.08. The molecule has 0 saturated carbocycles. The van der Waals surface area contributed by atoms with E-state index in [1.807, 2.05) is 19.5 Å². The van der Waals surface area contributed by atoms with Crippen molar-refractivity contribution >= 4 is 27.3 Å². The minimum absolute atomic E-state index is 0.247. The molecule has 2 aliphatic rings. The number of halogens is 3. The summed E-state index contributed by atoms with van der Waals surface area (Å²) in [7, 11) is 0.785. The van der Waals surface area contributed by atoms with Crippen LogP contribution < -0.4 is 0 Å². The Hall–Kier alpha value is -1.21. The summed E-state index contributed by atoms with van der Waals surface area (Å²) in [4.78, 5) is 11.0. The third kappa shape index (κ3) is 5.66. The molecular weight excluding hydrogens is 421 g/mol. The van der Waals surface area contributed by atoms with E-state index in [2.05, 4.69) is 4.90 Å². The highest BCUT2D eigenvalue weighted by molar-refractivity contribution is 7.91. The number of sulfonamides is 1. The van der Waals surface area contributed by atoms with Gasteiger partial charge < -0.3 is 14.7 Å². The van der Waals surface area contributed by atoms with Crippen molar-refractivity contribution in [3.05, 3.63) is 17.5 Å². The average molecular weight is 444 g/mol. The fourth-order valence-electron chi connectivity index (χ4n) is 3.36. The van der Waals surface area contributed by atoms with Crippen LogP contribution in [0.5, 0.6) is 0 Å². The van der Waals surface area contributed by atoms with Crippen LogP contribution in [0.4, 0.5) is 13.2 Å². The lowest BCUT2D eigenvalue weighted by molar-refractivity contribution is -0.192. The Morgan fingerprint density at radius 3 is 2.57 bits per heavy atom. The number of carboxylic acid groups (broad SMARTS) is 1. The molecule has 1 N–H and O–H groups in total. The molecule has 3 rings (SSSR count). The molecule has 3 heterocycles. The molecule has 2 fully saturated rings.